The van der Waals surface area contributed by atoms with Crippen LogP contribution in [-0.4, -0.2) is 17.0 Å². The highest BCUT2D eigenvalue weighted by molar-refractivity contribution is 5.94. The van der Waals surface area contributed by atoms with Crippen LogP contribution in [0.2, 0.25) is 0 Å². The van der Waals surface area contributed by atoms with Gasteiger partial charge in [0.05, 0.1) is 6.42 Å². The molecule has 0 fully saturated rings. The average molecular weight is 194 g/mol. The summed E-state index contributed by atoms with van der Waals surface area (Å²) >= 11 is 0. The fourth-order valence-electron chi connectivity index (χ4n) is 1.03. The highest BCUT2D eigenvalue weighted by atomic mass is 16.3. The molecule has 0 saturated carbocycles. The van der Waals surface area contributed by atoms with E-state index < -0.39 is 11.9 Å². The minimum absolute atomic E-state index is 0.0112. The second-order valence-electron chi connectivity index (χ2n) is 2.76. The Labute approximate surface area is 80.5 Å². The molecule has 74 valence electrons. The Hall–Kier alpha value is -2.04. The van der Waals surface area contributed by atoms with Gasteiger partial charge in [0, 0.05) is 0 Å². The first kappa shape index (κ1) is 10.0. The van der Waals surface area contributed by atoms with Gasteiger partial charge in [0.15, 0.2) is 0 Å². The molecule has 0 aliphatic heterocycles. The van der Waals surface area contributed by atoms with E-state index in [0.29, 0.717) is 5.56 Å². The number of aromatic hydroxyl groups is 1. The quantitative estimate of drug-likeness (QED) is 0.624. The first-order valence-corrected chi connectivity index (χ1v) is 3.95. The van der Waals surface area contributed by atoms with E-state index in [-0.39, 0.29) is 12.2 Å². The summed E-state index contributed by atoms with van der Waals surface area (Å²) in [6, 6.07) is 5.34. The van der Waals surface area contributed by atoms with Gasteiger partial charge in [-0.05, 0) is 17.7 Å². The number of amides is 3. The van der Waals surface area contributed by atoms with Crippen LogP contribution in [0.4, 0.5) is 4.79 Å². The van der Waals surface area contributed by atoms with Crippen molar-refractivity contribution in [1.82, 2.24) is 5.32 Å². The Balaban J connectivity index is 2.60. The molecule has 0 aromatic heterocycles. The van der Waals surface area contributed by atoms with Gasteiger partial charge < -0.3 is 10.8 Å². The van der Waals surface area contributed by atoms with Gasteiger partial charge in [-0.2, -0.15) is 0 Å². The summed E-state index contributed by atoms with van der Waals surface area (Å²) in [5, 5.41) is 11.0. The van der Waals surface area contributed by atoms with E-state index in [0.717, 1.165) is 0 Å². The van der Waals surface area contributed by atoms with Gasteiger partial charge in [0.1, 0.15) is 5.75 Å². The summed E-state index contributed by atoms with van der Waals surface area (Å²) in [5.41, 5.74) is 5.37. The van der Waals surface area contributed by atoms with Crippen LogP contribution in [0.3, 0.4) is 0 Å². The van der Waals surface area contributed by atoms with E-state index in [1.807, 2.05) is 5.32 Å². The number of benzene rings is 1. The third kappa shape index (κ3) is 3.14. The lowest BCUT2D eigenvalue weighted by molar-refractivity contribution is -0.119. The van der Waals surface area contributed by atoms with Gasteiger partial charge in [-0.1, -0.05) is 12.1 Å². The minimum Gasteiger partial charge on any atom is -0.508 e. The molecule has 3 amide bonds. The van der Waals surface area contributed by atoms with Crippen LogP contribution in [-0.2, 0) is 11.2 Å². The van der Waals surface area contributed by atoms with Gasteiger partial charge >= 0.3 is 6.03 Å². The maximum absolute atomic E-state index is 11.0. The summed E-state index contributed by atoms with van der Waals surface area (Å²) in [6.45, 7) is 0. The Morgan fingerprint density at radius 2 is 2.14 bits per heavy atom. The first-order valence-electron chi connectivity index (χ1n) is 3.95. The zero-order valence-electron chi connectivity index (χ0n) is 7.36. The molecule has 0 aliphatic carbocycles. The predicted molar refractivity (Wildman–Crippen MR) is 49.5 cm³/mol. The third-order valence-electron chi connectivity index (χ3n) is 1.54. The molecule has 0 saturated heterocycles. The summed E-state index contributed by atoms with van der Waals surface area (Å²) in [4.78, 5) is 21.3. The molecule has 5 nitrogen and oxygen atoms in total. The highest BCUT2D eigenvalue weighted by Gasteiger charge is 2.05. The second-order valence-corrected chi connectivity index (χ2v) is 2.76. The average Bonchev–Trinajstić information content (AvgIpc) is 2.01. The maximum atomic E-state index is 11.0. The third-order valence-corrected chi connectivity index (χ3v) is 1.54. The minimum atomic E-state index is -0.879. The van der Waals surface area contributed by atoms with E-state index in [1.54, 1.807) is 12.1 Å². The largest absolute Gasteiger partial charge is 0.508 e. The molecular weight excluding hydrogens is 184 g/mol. The van der Waals surface area contributed by atoms with Crippen molar-refractivity contribution < 1.29 is 14.7 Å². The first-order chi connectivity index (χ1) is 6.58. The number of phenols is 1. The predicted octanol–water partition coefficient (Wildman–Crippen LogP) is 0.130. The van der Waals surface area contributed by atoms with Crippen molar-refractivity contribution in [3.05, 3.63) is 29.8 Å². The standard InChI is InChI=1S/C9H10N2O3/c10-9(14)11-8(13)5-6-2-1-3-7(12)4-6/h1-4,12H,5H2,(H3,10,11,13,14). The zero-order valence-corrected chi connectivity index (χ0v) is 7.36. The van der Waals surface area contributed by atoms with Crippen LogP contribution in [0.1, 0.15) is 5.56 Å². The number of nitrogens with two attached hydrogens (primary N) is 1. The lowest BCUT2D eigenvalue weighted by Crippen LogP contribution is -2.35. The fourth-order valence-corrected chi connectivity index (χ4v) is 1.03. The zero-order chi connectivity index (χ0) is 10.6. The lowest BCUT2D eigenvalue weighted by Gasteiger charge is -2.01. The van der Waals surface area contributed by atoms with Crippen LogP contribution in [0.25, 0.3) is 0 Å². The Morgan fingerprint density at radius 1 is 1.43 bits per heavy atom. The molecule has 5 heteroatoms. The van der Waals surface area contributed by atoms with Crippen molar-refractivity contribution >= 4 is 11.9 Å². The van der Waals surface area contributed by atoms with Crippen molar-refractivity contribution in [2.75, 3.05) is 0 Å². The smallest absolute Gasteiger partial charge is 0.318 e. The number of rotatable bonds is 2. The summed E-state index contributed by atoms with van der Waals surface area (Å²) < 4.78 is 0. The number of carbonyl (C=O) groups is 2. The molecule has 0 atom stereocenters. The Bertz CT molecular complexity index is 363. The molecule has 0 unspecified atom stereocenters. The van der Waals surface area contributed by atoms with E-state index in [9.17, 15) is 9.59 Å². The van der Waals surface area contributed by atoms with Crippen LogP contribution in [0, 0.1) is 0 Å². The number of hydrogen-bond acceptors (Lipinski definition) is 3. The number of carbonyl (C=O) groups excluding carboxylic acids is 2. The Kier molecular flexibility index (Phi) is 3.06. The molecule has 1 aromatic rings. The van der Waals surface area contributed by atoms with Crippen molar-refractivity contribution in [3.63, 3.8) is 0 Å². The van der Waals surface area contributed by atoms with Crippen LogP contribution >= 0.6 is 0 Å². The van der Waals surface area contributed by atoms with E-state index in [2.05, 4.69) is 0 Å². The van der Waals surface area contributed by atoms with Gasteiger partial charge in [0.2, 0.25) is 5.91 Å². The Morgan fingerprint density at radius 3 is 2.71 bits per heavy atom. The number of hydrogen-bond donors (Lipinski definition) is 3. The fraction of sp³-hybridized carbons (Fsp3) is 0.111. The van der Waals surface area contributed by atoms with Gasteiger partial charge in [-0.15, -0.1) is 0 Å². The number of phenolic OH excluding ortho intramolecular Hbond substituents is 1. The normalized spacial score (nSPS) is 9.43. The van der Waals surface area contributed by atoms with E-state index in [4.69, 9.17) is 10.8 Å². The van der Waals surface area contributed by atoms with Crippen LogP contribution in [0.5, 0.6) is 5.75 Å². The lowest BCUT2D eigenvalue weighted by atomic mass is 10.1. The van der Waals surface area contributed by atoms with Gasteiger partial charge in [-0.25, -0.2) is 4.79 Å². The number of primary amides is 1. The molecule has 0 bridgehead atoms. The van der Waals surface area contributed by atoms with E-state index >= 15 is 0 Å². The van der Waals surface area contributed by atoms with Gasteiger partial charge in [-0.3, -0.25) is 10.1 Å². The van der Waals surface area contributed by atoms with E-state index in [1.165, 1.54) is 12.1 Å². The summed E-state index contributed by atoms with van der Waals surface area (Å²) in [6.07, 6.45) is 0.0112. The summed E-state index contributed by atoms with van der Waals surface area (Å²) in [5.74, 6) is -0.419. The number of imide groups is 1. The molecule has 14 heavy (non-hydrogen) atoms. The second kappa shape index (κ2) is 4.27. The molecule has 0 spiro atoms. The topological polar surface area (TPSA) is 92.4 Å². The molecule has 0 heterocycles. The molecule has 1 rings (SSSR count). The maximum Gasteiger partial charge on any atom is 0.318 e. The van der Waals surface area contributed by atoms with Crippen LogP contribution in [0.15, 0.2) is 24.3 Å². The number of nitrogens with one attached hydrogen (secondary N) is 1. The molecule has 0 aliphatic rings. The molecule has 0 radical (unpaired) electrons. The van der Waals surface area contributed by atoms with Gasteiger partial charge in [0.25, 0.3) is 0 Å². The summed E-state index contributed by atoms with van der Waals surface area (Å²) in [7, 11) is 0. The monoisotopic (exact) mass is 194 g/mol. The number of urea groups is 1. The molecule has 4 N–H and O–H groups in total. The van der Waals surface area contributed by atoms with Crippen LogP contribution < -0.4 is 11.1 Å². The van der Waals surface area contributed by atoms with Crippen molar-refractivity contribution in [2.24, 2.45) is 5.73 Å². The molecular formula is C9H10N2O3. The van der Waals surface area contributed by atoms with Crippen molar-refractivity contribution in [2.45, 2.75) is 6.42 Å². The SMILES string of the molecule is NC(=O)NC(=O)Cc1cccc(O)c1. The van der Waals surface area contributed by atoms with Crippen molar-refractivity contribution in [3.8, 4) is 5.75 Å². The molecule has 1 aromatic carbocycles. The van der Waals surface area contributed by atoms with Crippen molar-refractivity contribution in [1.29, 1.82) is 0 Å². The highest BCUT2D eigenvalue weighted by Crippen LogP contribution is 2.10.